The molecule has 0 aromatic heterocycles. The van der Waals surface area contributed by atoms with E-state index in [1.807, 2.05) is 13.8 Å². The third-order valence-electron chi connectivity index (χ3n) is 5.57. The molecule has 1 aliphatic carbocycles. The lowest BCUT2D eigenvalue weighted by molar-refractivity contribution is -0.0509. The quantitative estimate of drug-likeness (QED) is 0.307. The third-order valence-corrected chi connectivity index (χ3v) is 6.52. The Balaban J connectivity index is 2.07. The van der Waals surface area contributed by atoms with Gasteiger partial charge >= 0.3 is 21.6 Å². The van der Waals surface area contributed by atoms with Gasteiger partial charge in [-0.1, -0.05) is 44.7 Å². The van der Waals surface area contributed by atoms with Crippen molar-refractivity contribution in [3.8, 4) is 0 Å². The molecule has 9 heteroatoms. The second-order valence-corrected chi connectivity index (χ2v) is 10.00. The Bertz CT molecular complexity index is 1250. The highest BCUT2D eigenvalue weighted by molar-refractivity contribution is 7.87. The van der Waals surface area contributed by atoms with E-state index in [2.05, 4.69) is 15.5 Å². The van der Waals surface area contributed by atoms with Gasteiger partial charge in [-0.15, -0.1) is 0 Å². The molecule has 0 spiro atoms. The van der Waals surface area contributed by atoms with Crippen LogP contribution in [0.3, 0.4) is 0 Å². The van der Waals surface area contributed by atoms with Crippen LogP contribution in [0.4, 0.5) is 13.2 Å². The highest BCUT2D eigenvalue weighted by Gasteiger charge is 2.50. The average molecular weight is 481 g/mol. The number of allylic oxidation sites excluding steroid dienone is 1. The molecule has 0 bridgehead atoms. The first-order valence-corrected chi connectivity index (χ1v) is 11.3. The van der Waals surface area contributed by atoms with Crippen molar-refractivity contribution >= 4 is 27.4 Å². The van der Waals surface area contributed by atoms with Crippen molar-refractivity contribution in [2.24, 2.45) is 0 Å². The Kier molecular flexibility index (Phi) is 6.23. The van der Waals surface area contributed by atoms with Gasteiger partial charge in [0.2, 0.25) is 0 Å². The molecule has 0 radical (unpaired) electrons. The summed E-state index contributed by atoms with van der Waals surface area (Å²) >= 11 is 0. The smallest absolute Gasteiger partial charge is 0.465 e. The molecular formula is C24H23F3O5S. The number of ether oxygens (including phenoxy) is 1. The van der Waals surface area contributed by atoms with Gasteiger partial charge in [0.05, 0.1) is 12.7 Å². The number of rotatable bonds is 5. The molecule has 0 saturated heterocycles. The highest BCUT2D eigenvalue weighted by Crippen LogP contribution is 2.45. The van der Waals surface area contributed by atoms with E-state index in [1.165, 1.54) is 7.11 Å². The first kappa shape index (κ1) is 24.6. The number of esters is 1. The maximum absolute atomic E-state index is 13.0. The van der Waals surface area contributed by atoms with Crippen molar-refractivity contribution in [3.63, 3.8) is 0 Å². The largest absolute Gasteiger partial charge is 0.534 e. The summed E-state index contributed by atoms with van der Waals surface area (Å²) < 4.78 is 71.8. The molecule has 3 rings (SSSR count). The van der Waals surface area contributed by atoms with E-state index in [0.717, 1.165) is 0 Å². The Hall–Kier alpha value is -3.07. The van der Waals surface area contributed by atoms with Gasteiger partial charge in [-0.05, 0) is 64.8 Å². The van der Waals surface area contributed by atoms with E-state index in [0.29, 0.717) is 39.8 Å². The predicted octanol–water partition coefficient (Wildman–Crippen LogP) is 5.81. The lowest BCUT2D eigenvalue weighted by Crippen LogP contribution is -2.29. The summed E-state index contributed by atoms with van der Waals surface area (Å²) in [7, 11) is -4.56. The molecule has 0 unspecified atom stereocenters. The van der Waals surface area contributed by atoms with Gasteiger partial charge in [0.15, 0.2) is 0 Å². The Morgan fingerprint density at radius 1 is 1.03 bits per heavy atom. The number of carbonyl (C=O) groups is 1. The topological polar surface area (TPSA) is 69.7 Å². The van der Waals surface area contributed by atoms with Crippen molar-refractivity contribution in [1.82, 2.24) is 0 Å². The van der Waals surface area contributed by atoms with E-state index in [9.17, 15) is 26.4 Å². The summed E-state index contributed by atoms with van der Waals surface area (Å²) in [5.41, 5.74) is -2.54. The Morgan fingerprint density at radius 2 is 1.58 bits per heavy atom. The average Bonchev–Trinajstić information content (AvgIpc) is 2.74. The molecule has 5 nitrogen and oxygen atoms in total. The summed E-state index contributed by atoms with van der Waals surface area (Å²) in [5.74, 6) is -0.811. The van der Waals surface area contributed by atoms with E-state index in [-0.39, 0.29) is 11.3 Å². The Labute approximate surface area is 190 Å². The van der Waals surface area contributed by atoms with Crippen LogP contribution in [0.15, 0.2) is 54.6 Å². The molecular weight excluding hydrogens is 457 g/mol. The van der Waals surface area contributed by atoms with Crippen molar-refractivity contribution in [1.29, 1.82) is 0 Å². The summed E-state index contributed by atoms with van der Waals surface area (Å²) in [5, 5.41) is 0. The minimum absolute atomic E-state index is 0.265. The molecule has 0 aliphatic heterocycles. The molecule has 2 aromatic carbocycles. The van der Waals surface area contributed by atoms with Crippen LogP contribution in [0.5, 0.6) is 0 Å². The number of hydrogen-bond acceptors (Lipinski definition) is 5. The van der Waals surface area contributed by atoms with E-state index in [1.54, 1.807) is 49.4 Å². The molecule has 176 valence electrons. The number of halogens is 3. The Morgan fingerprint density at radius 3 is 2.12 bits per heavy atom. The van der Waals surface area contributed by atoms with Crippen LogP contribution < -0.4 is 0 Å². The number of fused-ring (bicyclic) bond motifs is 1. The second kappa shape index (κ2) is 8.37. The van der Waals surface area contributed by atoms with Crippen LogP contribution in [0.1, 0.15) is 59.8 Å². The number of benzene rings is 2. The first-order chi connectivity index (χ1) is 15.2. The maximum atomic E-state index is 13.0. The van der Waals surface area contributed by atoms with Crippen molar-refractivity contribution < 1.29 is 35.3 Å². The summed E-state index contributed by atoms with van der Waals surface area (Å²) in [6, 6.07) is 11.6. The zero-order chi connectivity index (χ0) is 24.8. The molecule has 0 N–H and O–H groups in total. The number of carbonyl (C=O) groups excluding carboxylic acids is 1. The monoisotopic (exact) mass is 480 g/mol. The normalized spacial score (nSPS) is 15.6. The third kappa shape index (κ3) is 4.68. The van der Waals surface area contributed by atoms with Gasteiger partial charge in [0.1, 0.15) is 5.76 Å². The van der Waals surface area contributed by atoms with Gasteiger partial charge < -0.3 is 8.92 Å². The fourth-order valence-corrected chi connectivity index (χ4v) is 4.49. The van der Waals surface area contributed by atoms with Crippen LogP contribution in [0, 0.1) is 0 Å². The number of alkyl halides is 3. The van der Waals surface area contributed by atoms with Gasteiger partial charge in [-0.2, -0.15) is 21.6 Å². The lowest BCUT2D eigenvalue weighted by Gasteiger charge is -2.34. The van der Waals surface area contributed by atoms with Crippen molar-refractivity contribution in [2.45, 2.75) is 38.1 Å². The standard InChI is InChI=1S/C24H23F3O5S/c1-14-13-23(3,4)20-11-10-18(12-19(20)21(14)32-33(29,30)24(25,26)27)15(2)16-6-8-17(9-7-16)22(28)31-5/h6-12H,2,13H2,1,3-5H3. The number of hydrogen-bond donors (Lipinski definition) is 0. The zero-order valence-corrected chi connectivity index (χ0v) is 19.4. The SMILES string of the molecule is C=C(c1ccc(C(=O)OC)cc1)c1ccc2c(c1)C(OS(=O)(=O)C(F)(F)F)=C(C)CC2(C)C. The molecule has 0 fully saturated rings. The molecule has 2 aromatic rings. The molecule has 0 heterocycles. The van der Waals surface area contributed by atoms with E-state index < -0.39 is 27.0 Å². The zero-order valence-electron chi connectivity index (χ0n) is 18.5. The molecule has 33 heavy (non-hydrogen) atoms. The fourth-order valence-electron chi connectivity index (χ4n) is 3.94. The number of methoxy groups -OCH3 is 1. The molecule has 0 saturated carbocycles. The summed E-state index contributed by atoms with van der Waals surface area (Å²) in [6.07, 6.45) is 0.331. The van der Waals surface area contributed by atoms with Crippen LogP contribution in [-0.4, -0.2) is 27.0 Å². The minimum Gasteiger partial charge on any atom is -0.465 e. The predicted molar refractivity (Wildman–Crippen MR) is 119 cm³/mol. The summed E-state index contributed by atoms with van der Waals surface area (Å²) in [6.45, 7) is 9.46. The molecule has 0 atom stereocenters. The van der Waals surface area contributed by atoms with Crippen LogP contribution >= 0.6 is 0 Å². The summed E-state index contributed by atoms with van der Waals surface area (Å²) in [4.78, 5) is 11.6. The maximum Gasteiger partial charge on any atom is 0.534 e. The van der Waals surface area contributed by atoms with Gasteiger partial charge in [-0.25, -0.2) is 4.79 Å². The fraction of sp³-hybridized carbons (Fsp3) is 0.292. The van der Waals surface area contributed by atoms with Gasteiger partial charge in [0.25, 0.3) is 0 Å². The van der Waals surface area contributed by atoms with Crippen molar-refractivity contribution in [3.05, 3.63) is 82.4 Å². The first-order valence-electron chi connectivity index (χ1n) is 9.91. The van der Waals surface area contributed by atoms with E-state index >= 15 is 0 Å². The molecule has 0 amide bonds. The van der Waals surface area contributed by atoms with Crippen LogP contribution in [0.25, 0.3) is 11.3 Å². The highest BCUT2D eigenvalue weighted by atomic mass is 32.2. The van der Waals surface area contributed by atoms with Crippen LogP contribution in [-0.2, 0) is 24.5 Å². The molecule has 1 aliphatic rings. The lowest BCUT2D eigenvalue weighted by atomic mass is 9.72. The van der Waals surface area contributed by atoms with Crippen LogP contribution in [0.2, 0.25) is 0 Å². The second-order valence-electron chi connectivity index (χ2n) is 8.46. The van der Waals surface area contributed by atoms with Gasteiger partial charge in [0, 0.05) is 5.56 Å². The van der Waals surface area contributed by atoms with E-state index in [4.69, 9.17) is 0 Å². The van der Waals surface area contributed by atoms with Crippen molar-refractivity contribution in [2.75, 3.05) is 7.11 Å². The minimum atomic E-state index is -5.84. The van der Waals surface area contributed by atoms with Gasteiger partial charge in [-0.3, -0.25) is 0 Å².